The number of allylic oxidation sites excluding steroid dienone is 2. The molecule has 0 aromatic heterocycles. The fourth-order valence-corrected chi connectivity index (χ4v) is 13.6. The van der Waals surface area contributed by atoms with Crippen LogP contribution in [0.25, 0.3) is 0 Å². The van der Waals surface area contributed by atoms with Gasteiger partial charge in [-0.15, -0.1) is 0 Å². The minimum atomic E-state index is -0.968. The van der Waals surface area contributed by atoms with Gasteiger partial charge >= 0.3 is 6.09 Å². The summed E-state index contributed by atoms with van der Waals surface area (Å²) < 4.78 is 23.8. The van der Waals surface area contributed by atoms with Crippen LogP contribution in [0.15, 0.2) is 115 Å². The van der Waals surface area contributed by atoms with Crippen molar-refractivity contribution in [2.45, 2.75) is 123 Å². The van der Waals surface area contributed by atoms with E-state index in [2.05, 4.69) is 58.1 Å². The number of anilines is 1. The largest absolute Gasteiger partial charge is 0.497 e. The van der Waals surface area contributed by atoms with Crippen LogP contribution in [0.5, 0.6) is 11.5 Å². The monoisotopic (exact) mass is 896 g/mol. The van der Waals surface area contributed by atoms with E-state index in [1.54, 1.807) is 19.8 Å². The Hall–Kier alpha value is -4.59. The highest BCUT2D eigenvalue weighted by Gasteiger charge is 2.59. The van der Waals surface area contributed by atoms with Crippen molar-refractivity contribution in [3.8, 4) is 11.5 Å². The molecular formula is C59H77NO6. The van der Waals surface area contributed by atoms with Crippen molar-refractivity contribution in [3.05, 3.63) is 137 Å². The van der Waals surface area contributed by atoms with Crippen LogP contribution >= 0.6 is 0 Å². The number of ether oxygens (including phenoxy) is 4. The standard InChI is InChI=1S/C59H77NO6/c1-40(2)12-11-13-41(3)52-30-31-53-51-29-22-47-38-42(32-35-57(47,4)54(51)33-36-58(52,53)5)39-65-56(62)60-48-23-16-43(17-24-48)55(61)34-37-66-59(44-14-9-8-10-15-44,45-18-25-49(63-6)26-19-45)46-20-27-50(64-7)28-21-46/h8-10,14-28,40-42,51-55,61H,11-13,29-39H2,1-7H3,(H,60,62)/t41-,42+,51?,52-,53?,54?,55?,57+,58-/m0/s1. The van der Waals surface area contributed by atoms with Gasteiger partial charge in [0.05, 0.1) is 33.5 Å². The van der Waals surface area contributed by atoms with E-state index in [9.17, 15) is 9.90 Å². The lowest BCUT2D eigenvalue weighted by molar-refractivity contribution is -0.0540. The van der Waals surface area contributed by atoms with Crippen molar-refractivity contribution in [1.29, 1.82) is 0 Å². The first-order valence-corrected chi connectivity index (χ1v) is 25.3. The van der Waals surface area contributed by atoms with Crippen LogP contribution in [-0.2, 0) is 15.1 Å². The maximum Gasteiger partial charge on any atom is 0.411 e. The number of carbonyl (C=O) groups excluding carboxylic acids is 1. The van der Waals surface area contributed by atoms with Gasteiger partial charge in [0, 0.05) is 12.1 Å². The van der Waals surface area contributed by atoms with Crippen molar-refractivity contribution in [2.24, 2.45) is 52.3 Å². The highest BCUT2D eigenvalue weighted by molar-refractivity contribution is 5.84. The fourth-order valence-electron chi connectivity index (χ4n) is 13.6. The van der Waals surface area contributed by atoms with E-state index in [1.807, 2.05) is 91.0 Å². The lowest BCUT2D eigenvalue weighted by atomic mass is 9.46. The van der Waals surface area contributed by atoms with Gasteiger partial charge in [-0.1, -0.05) is 132 Å². The fraction of sp³-hybridized carbons (Fsp3) is 0.542. The molecule has 3 fully saturated rings. The first-order chi connectivity index (χ1) is 31.9. The smallest absolute Gasteiger partial charge is 0.411 e. The van der Waals surface area contributed by atoms with Gasteiger partial charge in [0.2, 0.25) is 0 Å². The molecule has 2 N–H and O–H groups in total. The predicted molar refractivity (Wildman–Crippen MR) is 266 cm³/mol. The molecule has 0 heterocycles. The molecule has 66 heavy (non-hydrogen) atoms. The number of amides is 1. The second-order valence-electron chi connectivity index (χ2n) is 21.4. The van der Waals surface area contributed by atoms with Crippen LogP contribution in [0.1, 0.15) is 140 Å². The second kappa shape index (κ2) is 20.7. The van der Waals surface area contributed by atoms with E-state index in [1.165, 1.54) is 57.8 Å². The number of fused-ring (bicyclic) bond motifs is 5. The van der Waals surface area contributed by atoms with Gasteiger partial charge in [-0.05, 0) is 162 Å². The van der Waals surface area contributed by atoms with E-state index in [4.69, 9.17) is 18.9 Å². The van der Waals surface area contributed by atoms with E-state index in [-0.39, 0.29) is 12.0 Å². The van der Waals surface area contributed by atoms with E-state index in [0.717, 1.165) is 82.1 Å². The summed E-state index contributed by atoms with van der Waals surface area (Å²) in [6, 6.07) is 33.4. The molecule has 7 heteroatoms. The average molecular weight is 896 g/mol. The van der Waals surface area contributed by atoms with Gasteiger partial charge in [-0.3, -0.25) is 5.32 Å². The Morgan fingerprint density at radius 2 is 1.41 bits per heavy atom. The number of methoxy groups -OCH3 is 2. The lowest BCUT2D eigenvalue weighted by Crippen LogP contribution is -2.50. The van der Waals surface area contributed by atoms with Gasteiger partial charge in [0.15, 0.2) is 0 Å². The van der Waals surface area contributed by atoms with E-state index < -0.39 is 17.8 Å². The highest BCUT2D eigenvalue weighted by Crippen LogP contribution is 2.67. The lowest BCUT2D eigenvalue weighted by Gasteiger charge is -2.58. The average Bonchev–Trinajstić information content (AvgIpc) is 3.70. The summed E-state index contributed by atoms with van der Waals surface area (Å²) in [5.41, 5.74) is 5.66. The zero-order valence-corrected chi connectivity index (χ0v) is 40.9. The summed E-state index contributed by atoms with van der Waals surface area (Å²) in [5, 5.41) is 14.4. The molecule has 0 bridgehead atoms. The quantitative estimate of drug-likeness (QED) is 0.0764. The molecule has 0 aliphatic heterocycles. The summed E-state index contributed by atoms with van der Waals surface area (Å²) in [6.07, 6.45) is 16.1. The number of rotatable bonds is 18. The van der Waals surface area contributed by atoms with Crippen LogP contribution in [0.4, 0.5) is 10.5 Å². The van der Waals surface area contributed by atoms with Gasteiger partial charge < -0.3 is 24.1 Å². The highest BCUT2D eigenvalue weighted by atomic mass is 16.5. The van der Waals surface area contributed by atoms with Crippen molar-refractivity contribution in [2.75, 3.05) is 32.8 Å². The summed E-state index contributed by atoms with van der Waals surface area (Å²) >= 11 is 0. The zero-order valence-electron chi connectivity index (χ0n) is 40.9. The molecule has 0 saturated heterocycles. The third kappa shape index (κ3) is 9.86. The Kier molecular flexibility index (Phi) is 15.0. The molecular weight excluding hydrogens is 819 g/mol. The van der Waals surface area contributed by atoms with E-state index in [0.29, 0.717) is 30.0 Å². The molecule has 7 nitrogen and oxygen atoms in total. The van der Waals surface area contributed by atoms with Crippen LogP contribution in [0, 0.1) is 52.3 Å². The summed E-state index contributed by atoms with van der Waals surface area (Å²) in [4.78, 5) is 13.1. The molecule has 0 radical (unpaired) electrons. The molecule has 4 aromatic rings. The number of hydrogen-bond donors (Lipinski definition) is 2. The zero-order chi connectivity index (χ0) is 46.5. The number of aliphatic hydroxyl groups excluding tert-OH is 1. The van der Waals surface area contributed by atoms with Gasteiger partial charge in [0.1, 0.15) is 17.1 Å². The molecule has 354 valence electrons. The molecule has 4 aliphatic carbocycles. The maximum absolute atomic E-state index is 13.1. The first-order valence-electron chi connectivity index (χ1n) is 25.3. The van der Waals surface area contributed by atoms with Crippen LogP contribution in [0.3, 0.4) is 0 Å². The first kappa shape index (κ1) is 47.9. The van der Waals surface area contributed by atoms with Crippen molar-refractivity contribution in [3.63, 3.8) is 0 Å². The van der Waals surface area contributed by atoms with Crippen molar-refractivity contribution in [1.82, 2.24) is 0 Å². The number of nitrogens with one attached hydrogen (secondary N) is 1. The Morgan fingerprint density at radius 1 is 0.758 bits per heavy atom. The molecule has 8 rings (SSSR count). The number of carbonyl (C=O) groups is 1. The summed E-state index contributed by atoms with van der Waals surface area (Å²) in [5.74, 6) is 6.84. The van der Waals surface area contributed by atoms with Crippen molar-refractivity contribution >= 4 is 11.8 Å². The molecule has 0 spiro atoms. The third-order valence-electron chi connectivity index (χ3n) is 17.3. The minimum absolute atomic E-state index is 0.261. The predicted octanol–water partition coefficient (Wildman–Crippen LogP) is 14.3. The van der Waals surface area contributed by atoms with Crippen molar-refractivity contribution < 1.29 is 28.8 Å². The number of benzene rings is 4. The Bertz CT molecular complexity index is 2170. The topological polar surface area (TPSA) is 86.2 Å². The van der Waals surface area contributed by atoms with Crippen LogP contribution in [0.2, 0.25) is 0 Å². The van der Waals surface area contributed by atoms with Gasteiger partial charge in [0.25, 0.3) is 0 Å². The summed E-state index contributed by atoms with van der Waals surface area (Å²) in [7, 11) is 3.32. The van der Waals surface area contributed by atoms with E-state index >= 15 is 0 Å². The summed E-state index contributed by atoms with van der Waals surface area (Å²) in [6.45, 7) is 13.3. The Labute approximate surface area is 396 Å². The van der Waals surface area contributed by atoms with Crippen LogP contribution < -0.4 is 14.8 Å². The minimum Gasteiger partial charge on any atom is -0.497 e. The normalized spacial score (nSPS) is 26.9. The Balaban J connectivity index is 0.842. The van der Waals surface area contributed by atoms with Crippen LogP contribution in [-0.4, -0.2) is 38.6 Å². The Morgan fingerprint density at radius 3 is 2.05 bits per heavy atom. The van der Waals surface area contributed by atoms with Gasteiger partial charge in [-0.2, -0.15) is 0 Å². The number of aliphatic hydroxyl groups is 1. The third-order valence-corrected chi connectivity index (χ3v) is 17.3. The molecule has 3 saturated carbocycles. The SMILES string of the molecule is COc1ccc(C(OCCC(O)c2ccc(NC(=O)OC[C@@H]3CC[C@]4(C)C(=CCC5C4CC[C@]4(C)C5CC[C@H]4[C@@H](C)CCCC(C)C)C3)cc2)(c2ccccc2)c2ccc(OC)cc2)cc1. The molecule has 4 aliphatic rings. The van der Waals surface area contributed by atoms with Gasteiger partial charge in [-0.25, -0.2) is 4.79 Å². The number of hydrogen-bond acceptors (Lipinski definition) is 6. The molecule has 1 amide bonds. The molecule has 4 unspecified atom stereocenters. The second-order valence-corrected chi connectivity index (χ2v) is 21.4. The molecule has 9 atom stereocenters. The maximum atomic E-state index is 13.1. The molecule has 4 aromatic carbocycles.